The number of nitrogens with zero attached hydrogens (tertiary/aromatic N) is 5. The number of benzene rings is 5. The Morgan fingerprint density at radius 2 is 1.45 bits per heavy atom. The molecule has 256 valence electrons. The van der Waals surface area contributed by atoms with Crippen molar-refractivity contribution in [2.24, 2.45) is 9.98 Å². The Balaban J connectivity index is 1.03. The molecule has 0 aliphatic carbocycles. The van der Waals surface area contributed by atoms with Crippen LogP contribution in [0, 0.1) is 0 Å². The summed E-state index contributed by atoms with van der Waals surface area (Å²) in [6.07, 6.45) is 9.39. The third kappa shape index (κ3) is 5.34. The quantitative estimate of drug-likeness (QED) is 0.183. The van der Waals surface area contributed by atoms with E-state index in [1.165, 1.54) is 0 Å². The first-order chi connectivity index (χ1) is 26.2. The molecule has 0 bridgehead atoms. The van der Waals surface area contributed by atoms with Crippen molar-refractivity contribution < 1.29 is 4.74 Å². The summed E-state index contributed by atoms with van der Waals surface area (Å²) in [4.78, 5) is 16.6. The van der Waals surface area contributed by atoms with Crippen molar-refractivity contribution in [3.05, 3.63) is 180 Å². The van der Waals surface area contributed by atoms with E-state index in [0.717, 1.165) is 84.7 Å². The number of amidine groups is 2. The number of nitrogens with one attached hydrogen (secondary N) is 2. The Morgan fingerprint density at radius 1 is 0.717 bits per heavy atom. The van der Waals surface area contributed by atoms with Crippen LogP contribution in [-0.4, -0.2) is 41.0 Å². The lowest BCUT2D eigenvalue weighted by Crippen LogP contribution is -2.40. The molecule has 53 heavy (non-hydrogen) atoms. The van der Waals surface area contributed by atoms with Crippen LogP contribution in [0.3, 0.4) is 0 Å². The van der Waals surface area contributed by atoms with Crippen molar-refractivity contribution in [3.63, 3.8) is 0 Å². The van der Waals surface area contributed by atoms with E-state index in [1.54, 1.807) is 0 Å². The molecule has 2 atom stereocenters. The summed E-state index contributed by atoms with van der Waals surface area (Å²) in [5.41, 5.74) is 10.8. The van der Waals surface area contributed by atoms with Gasteiger partial charge >= 0.3 is 0 Å². The normalized spacial score (nSPS) is 17.8. The summed E-state index contributed by atoms with van der Waals surface area (Å²) in [6, 6.07) is 44.5. The number of ether oxygens (including phenoxy) is 1. The first-order valence-corrected chi connectivity index (χ1v) is 17.8. The minimum Gasteiger partial charge on any atom is -0.463 e. The molecular formula is C45H35N7O. The fourth-order valence-electron chi connectivity index (χ4n) is 7.61. The average Bonchev–Trinajstić information content (AvgIpc) is 3.76. The van der Waals surface area contributed by atoms with E-state index < -0.39 is 0 Å². The van der Waals surface area contributed by atoms with Crippen LogP contribution >= 0.6 is 0 Å². The second-order valence-corrected chi connectivity index (χ2v) is 13.4. The molecule has 0 saturated heterocycles. The van der Waals surface area contributed by atoms with Crippen molar-refractivity contribution in [2.75, 3.05) is 18.5 Å². The highest BCUT2D eigenvalue weighted by Gasteiger charge is 2.33. The summed E-state index contributed by atoms with van der Waals surface area (Å²) in [5.74, 6) is 2.38. The van der Waals surface area contributed by atoms with Gasteiger partial charge in [-0.2, -0.15) is 0 Å². The fourth-order valence-corrected chi connectivity index (χ4v) is 7.61. The highest BCUT2D eigenvalue weighted by molar-refractivity contribution is 6.15. The number of dihydropyridines is 1. The zero-order chi connectivity index (χ0) is 35.3. The Morgan fingerprint density at radius 3 is 2.25 bits per heavy atom. The van der Waals surface area contributed by atoms with Crippen LogP contribution in [0.1, 0.15) is 22.9 Å². The van der Waals surface area contributed by atoms with Crippen LogP contribution < -0.4 is 20.3 Å². The molecule has 3 aliphatic rings. The SMILES string of the molecule is CN1c2ccc3c(c2OC1c1ccccc1)c1ccccc1n3-c1ccc(C2=NC(C3=CCNC=C3)NC(c3ccc(-c4ccncc4)cc3)=N2)cc1. The van der Waals surface area contributed by atoms with Gasteiger partial charge in [-0.1, -0.05) is 78.9 Å². The zero-order valence-electron chi connectivity index (χ0n) is 29.0. The maximum atomic E-state index is 6.77. The van der Waals surface area contributed by atoms with Crippen LogP contribution in [0.4, 0.5) is 5.69 Å². The van der Waals surface area contributed by atoms with Gasteiger partial charge in [0, 0.05) is 53.8 Å². The van der Waals surface area contributed by atoms with Crippen molar-refractivity contribution in [2.45, 2.75) is 12.4 Å². The van der Waals surface area contributed by atoms with Gasteiger partial charge in [0.1, 0.15) is 12.0 Å². The second-order valence-electron chi connectivity index (χ2n) is 13.4. The van der Waals surface area contributed by atoms with E-state index in [2.05, 4.69) is 153 Å². The molecule has 3 aliphatic heterocycles. The van der Waals surface area contributed by atoms with Gasteiger partial charge in [-0.25, -0.2) is 9.98 Å². The predicted molar refractivity (Wildman–Crippen MR) is 214 cm³/mol. The third-order valence-electron chi connectivity index (χ3n) is 10.3. The Hall–Kier alpha value is -6.93. The van der Waals surface area contributed by atoms with Crippen molar-refractivity contribution in [3.8, 4) is 22.6 Å². The lowest BCUT2D eigenvalue weighted by atomic mass is 10.0. The highest BCUT2D eigenvalue weighted by Crippen LogP contribution is 2.50. The lowest BCUT2D eigenvalue weighted by Gasteiger charge is -2.25. The molecule has 5 aromatic carbocycles. The number of fused-ring (bicyclic) bond motifs is 5. The van der Waals surface area contributed by atoms with Gasteiger partial charge < -0.3 is 24.8 Å². The van der Waals surface area contributed by atoms with E-state index in [4.69, 9.17) is 14.7 Å². The Bertz CT molecular complexity index is 2620. The topological polar surface area (TPSA) is 79.1 Å². The molecule has 8 heteroatoms. The van der Waals surface area contributed by atoms with E-state index in [1.807, 2.05) is 36.8 Å². The maximum absolute atomic E-state index is 6.77. The van der Waals surface area contributed by atoms with Crippen LogP contribution in [0.25, 0.3) is 38.6 Å². The van der Waals surface area contributed by atoms with Crippen LogP contribution in [0.5, 0.6) is 5.75 Å². The van der Waals surface area contributed by atoms with Gasteiger partial charge in [0.05, 0.1) is 22.1 Å². The molecule has 8 nitrogen and oxygen atoms in total. The molecule has 0 spiro atoms. The van der Waals surface area contributed by atoms with E-state index in [9.17, 15) is 0 Å². The number of aliphatic imine (C=N–C) groups is 2. The minimum absolute atomic E-state index is 0.186. The third-order valence-corrected chi connectivity index (χ3v) is 10.3. The van der Waals surface area contributed by atoms with Crippen molar-refractivity contribution in [1.29, 1.82) is 0 Å². The van der Waals surface area contributed by atoms with Gasteiger partial charge in [-0.05, 0) is 83.6 Å². The van der Waals surface area contributed by atoms with Gasteiger partial charge in [0.2, 0.25) is 0 Å². The van der Waals surface area contributed by atoms with Gasteiger partial charge in [-0.15, -0.1) is 0 Å². The maximum Gasteiger partial charge on any atom is 0.198 e. The summed E-state index contributed by atoms with van der Waals surface area (Å²) < 4.78 is 9.09. The van der Waals surface area contributed by atoms with Crippen LogP contribution in [0.2, 0.25) is 0 Å². The smallest absolute Gasteiger partial charge is 0.198 e. The molecule has 7 aromatic rings. The fraction of sp³-hybridized carbons (Fsp3) is 0.0889. The summed E-state index contributed by atoms with van der Waals surface area (Å²) >= 11 is 0. The Kier molecular flexibility index (Phi) is 7.39. The molecule has 0 radical (unpaired) electrons. The second kappa shape index (κ2) is 12.7. The molecule has 0 fully saturated rings. The summed E-state index contributed by atoms with van der Waals surface area (Å²) in [7, 11) is 2.10. The highest BCUT2D eigenvalue weighted by atomic mass is 16.5. The number of rotatable bonds is 6. The first kappa shape index (κ1) is 30.9. The van der Waals surface area contributed by atoms with E-state index >= 15 is 0 Å². The van der Waals surface area contributed by atoms with Crippen molar-refractivity contribution >= 4 is 39.2 Å². The molecule has 2 unspecified atom stereocenters. The van der Waals surface area contributed by atoms with Crippen LogP contribution in [-0.2, 0) is 0 Å². The molecule has 0 amide bonds. The van der Waals surface area contributed by atoms with E-state index in [-0.39, 0.29) is 12.4 Å². The monoisotopic (exact) mass is 689 g/mol. The van der Waals surface area contributed by atoms with Gasteiger partial charge in [0.15, 0.2) is 17.8 Å². The number of anilines is 1. The zero-order valence-corrected chi connectivity index (χ0v) is 29.0. The molecule has 2 N–H and O–H groups in total. The number of hydrogen-bond donors (Lipinski definition) is 2. The van der Waals surface area contributed by atoms with E-state index in [0.29, 0.717) is 5.84 Å². The predicted octanol–water partition coefficient (Wildman–Crippen LogP) is 8.54. The largest absolute Gasteiger partial charge is 0.463 e. The minimum atomic E-state index is -0.271. The number of aromatic nitrogens is 2. The average molecular weight is 690 g/mol. The van der Waals surface area contributed by atoms with Crippen LogP contribution in [0.15, 0.2) is 174 Å². The molecule has 10 rings (SSSR count). The van der Waals surface area contributed by atoms with Gasteiger partial charge in [-0.3, -0.25) is 4.98 Å². The molecule has 2 aromatic heterocycles. The van der Waals surface area contributed by atoms with Gasteiger partial charge in [0.25, 0.3) is 0 Å². The van der Waals surface area contributed by atoms with Crippen molar-refractivity contribution in [1.82, 2.24) is 20.2 Å². The number of pyridine rings is 1. The summed E-state index contributed by atoms with van der Waals surface area (Å²) in [6.45, 7) is 0.757. The lowest BCUT2D eigenvalue weighted by molar-refractivity contribution is 0.238. The molecule has 5 heterocycles. The Labute approximate surface area is 307 Å². The standard InChI is InChI=1S/C45H35N7O/c1-51-39-20-19-38-40(41(39)53-45(51)34-7-3-2-4-8-34)36-9-5-6-10-37(36)52(38)35-17-15-32(16-18-35)43-48-42(49-44(50-43)33-23-27-47-28-24-33)31-13-11-29(12-14-31)30-21-25-46-26-22-30/h2-27,44-45,47H,28H2,1H3,(H,48,49,50). The first-order valence-electron chi connectivity index (χ1n) is 17.8. The number of para-hydroxylation sites is 1. The number of hydrogen-bond acceptors (Lipinski definition) is 7. The summed E-state index contributed by atoms with van der Waals surface area (Å²) in [5, 5.41) is 9.12. The molecule has 0 saturated carbocycles. The molecular weight excluding hydrogens is 655 g/mol.